The molecule has 2 unspecified atom stereocenters. The minimum atomic E-state index is -0.947. The highest BCUT2D eigenvalue weighted by Gasteiger charge is 2.21. The second-order valence-corrected chi connectivity index (χ2v) is 7.83. The molecule has 0 spiro atoms. The molecule has 29 heavy (non-hydrogen) atoms. The number of benzene rings is 2. The van der Waals surface area contributed by atoms with Gasteiger partial charge >= 0.3 is 5.97 Å². The first-order valence-corrected chi connectivity index (χ1v) is 10.3. The van der Waals surface area contributed by atoms with Gasteiger partial charge in [0.05, 0.1) is 18.6 Å². The van der Waals surface area contributed by atoms with Crippen molar-refractivity contribution in [2.75, 3.05) is 0 Å². The van der Waals surface area contributed by atoms with Crippen molar-refractivity contribution in [3.05, 3.63) is 65.7 Å². The fourth-order valence-electron chi connectivity index (χ4n) is 3.83. The SMILES string of the molecule is CC(CC(=O)NC(CC(=O)O)c1ccc(OC2CCCC2)cc1)c1ccccc1. The number of rotatable bonds is 9. The second kappa shape index (κ2) is 10.1. The maximum absolute atomic E-state index is 12.6. The molecule has 1 fully saturated rings. The van der Waals surface area contributed by atoms with Crippen molar-refractivity contribution < 1.29 is 19.4 Å². The number of carbonyl (C=O) groups excluding carboxylic acids is 1. The Hall–Kier alpha value is -2.82. The summed E-state index contributed by atoms with van der Waals surface area (Å²) < 4.78 is 5.97. The van der Waals surface area contributed by atoms with E-state index in [2.05, 4.69) is 5.32 Å². The minimum absolute atomic E-state index is 0.0591. The topological polar surface area (TPSA) is 75.6 Å². The van der Waals surface area contributed by atoms with Gasteiger partial charge in [-0.25, -0.2) is 0 Å². The van der Waals surface area contributed by atoms with Gasteiger partial charge in [0.2, 0.25) is 5.91 Å². The number of hydrogen-bond donors (Lipinski definition) is 2. The summed E-state index contributed by atoms with van der Waals surface area (Å²) in [5.41, 5.74) is 1.86. The van der Waals surface area contributed by atoms with Crippen molar-refractivity contribution in [1.29, 1.82) is 0 Å². The van der Waals surface area contributed by atoms with E-state index >= 15 is 0 Å². The average Bonchev–Trinajstić information content (AvgIpc) is 3.21. The van der Waals surface area contributed by atoms with Crippen LogP contribution in [-0.2, 0) is 9.59 Å². The predicted octanol–water partition coefficient (Wildman–Crippen LogP) is 4.83. The summed E-state index contributed by atoms with van der Waals surface area (Å²) in [6.45, 7) is 2.00. The number of carboxylic acids is 1. The average molecular weight is 395 g/mol. The molecule has 0 aliphatic heterocycles. The van der Waals surface area contributed by atoms with E-state index in [-0.39, 0.29) is 24.3 Å². The summed E-state index contributed by atoms with van der Waals surface area (Å²) in [5, 5.41) is 12.2. The largest absolute Gasteiger partial charge is 0.490 e. The molecule has 1 aliphatic carbocycles. The lowest BCUT2D eigenvalue weighted by molar-refractivity contribution is -0.137. The predicted molar refractivity (Wildman–Crippen MR) is 112 cm³/mol. The molecule has 0 heterocycles. The fourth-order valence-corrected chi connectivity index (χ4v) is 3.83. The van der Waals surface area contributed by atoms with Crippen LogP contribution in [0.1, 0.15) is 68.5 Å². The lowest BCUT2D eigenvalue weighted by Gasteiger charge is -2.20. The summed E-state index contributed by atoms with van der Waals surface area (Å²) in [5.74, 6) is -0.251. The first-order chi connectivity index (χ1) is 14.0. The zero-order valence-electron chi connectivity index (χ0n) is 16.8. The van der Waals surface area contributed by atoms with Gasteiger partial charge in [0.15, 0.2) is 0 Å². The van der Waals surface area contributed by atoms with Crippen LogP contribution in [0.15, 0.2) is 54.6 Å². The molecular formula is C24H29NO4. The first kappa shape index (κ1) is 20.9. The van der Waals surface area contributed by atoms with E-state index in [1.54, 1.807) is 0 Å². The van der Waals surface area contributed by atoms with E-state index in [1.807, 2.05) is 61.5 Å². The van der Waals surface area contributed by atoms with Crippen molar-refractivity contribution in [3.63, 3.8) is 0 Å². The monoisotopic (exact) mass is 395 g/mol. The number of amides is 1. The van der Waals surface area contributed by atoms with Crippen LogP contribution in [0.25, 0.3) is 0 Å². The highest BCUT2D eigenvalue weighted by atomic mass is 16.5. The van der Waals surface area contributed by atoms with Gasteiger partial charge in [-0.15, -0.1) is 0 Å². The van der Waals surface area contributed by atoms with Gasteiger partial charge in [0, 0.05) is 6.42 Å². The smallest absolute Gasteiger partial charge is 0.305 e. The van der Waals surface area contributed by atoms with E-state index in [1.165, 1.54) is 12.8 Å². The lowest BCUT2D eigenvalue weighted by atomic mass is 9.96. The van der Waals surface area contributed by atoms with Crippen molar-refractivity contribution in [2.24, 2.45) is 0 Å². The van der Waals surface area contributed by atoms with Crippen LogP contribution in [0, 0.1) is 0 Å². The van der Waals surface area contributed by atoms with Crippen LogP contribution >= 0.6 is 0 Å². The van der Waals surface area contributed by atoms with E-state index in [9.17, 15) is 14.7 Å². The number of ether oxygens (including phenoxy) is 1. The summed E-state index contributed by atoms with van der Waals surface area (Å²) in [6, 6.07) is 16.7. The normalized spacial score (nSPS) is 16.2. The number of carbonyl (C=O) groups is 2. The van der Waals surface area contributed by atoms with Gasteiger partial charge < -0.3 is 15.2 Å². The quantitative estimate of drug-likeness (QED) is 0.637. The van der Waals surface area contributed by atoms with E-state index in [4.69, 9.17) is 4.74 Å². The maximum atomic E-state index is 12.6. The Balaban J connectivity index is 1.62. The van der Waals surface area contributed by atoms with Gasteiger partial charge in [0.25, 0.3) is 0 Å². The number of aliphatic carboxylic acids is 1. The highest BCUT2D eigenvalue weighted by molar-refractivity contribution is 5.78. The van der Waals surface area contributed by atoms with E-state index in [0.717, 1.165) is 29.7 Å². The van der Waals surface area contributed by atoms with Crippen molar-refractivity contribution >= 4 is 11.9 Å². The van der Waals surface area contributed by atoms with Crippen LogP contribution in [0.4, 0.5) is 0 Å². The molecule has 1 saturated carbocycles. The van der Waals surface area contributed by atoms with E-state index in [0.29, 0.717) is 6.42 Å². The van der Waals surface area contributed by atoms with Crippen molar-refractivity contribution in [3.8, 4) is 5.75 Å². The highest BCUT2D eigenvalue weighted by Crippen LogP contribution is 2.26. The van der Waals surface area contributed by atoms with Crippen LogP contribution in [0.5, 0.6) is 5.75 Å². The minimum Gasteiger partial charge on any atom is -0.490 e. The van der Waals surface area contributed by atoms with Gasteiger partial charge in [-0.3, -0.25) is 9.59 Å². The third-order valence-electron chi connectivity index (χ3n) is 5.46. The Morgan fingerprint density at radius 1 is 1.00 bits per heavy atom. The molecule has 1 amide bonds. The van der Waals surface area contributed by atoms with Crippen molar-refractivity contribution in [1.82, 2.24) is 5.32 Å². The van der Waals surface area contributed by atoms with Crippen LogP contribution in [0.2, 0.25) is 0 Å². The second-order valence-electron chi connectivity index (χ2n) is 7.83. The molecule has 154 valence electrons. The lowest BCUT2D eigenvalue weighted by Crippen LogP contribution is -2.30. The summed E-state index contributed by atoms with van der Waals surface area (Å²) >= 11 is 0. The first-order valence-electron chi connectivity index (χ1n) is 10.3. The standard InChI is InChI=1S/C24H29NO4/c1-17(18-7-3-2-4-8-18)15-23(26)25-22(16-24(27)28)19-11-13-21(14-12-19)29-20-9-5-6-10-20/h2-4,7-8,11-14,17,20,22H,5-6,9-10,15-16H2,1H3,(H,25,26)(H,27,28). The molecule has 2 N–H and O–H groups in total. The number of nitrogens with one attached hydrogen (secondary N) is 1. The van der Waals surface area contributed by atoms with Gasteiger partial charge in [-0.05, 0) is 54.9 Å². The number of carboxylic acid groups (broad SMARTS) is 1. The Morgan fingerprint density at radius 3 is 2.28 bits per heavy atom. The molecule has 0 aromatic heterocycles. The summed E-state index contributed by atoms with van der Waals surface area (Å²) in [6.07, 6.45) is 5.00. The zero-order chi connectivity index (χ0) is 20.6. The third-order valence-corrected chi connectivity index (χ3v) is 5.46. The third kappa shape index (κ3) is 6.34. The molecule has 0 saturated heterocycles. The molecule has 1 aliphatic rings. The molecule has 2 aromatic carbocycles. The Bertz CT molecular complexity index is 797. The Labute approximate surface area is 172 Å². The van der Waals surface area contributed by atoms with Crippen LogP contribution < -0.4 is 10.1 Å². The van der Waals surface area contributed by atoms with Crippen molar-refractivity contribution in [2.45, 2.75) is 63.5 Å². The molecule has 0 bridgehead atoms. The summed E-state index contributed by atoms with van der Waals surface area (Å²) in [4.78, 5) is 23.9. The molecule has 2 aromatic rings. The molecular weight excluding hydrogens is 366 g/mol. The van der Waals surface area contributed by atoms with Crippen LogP contribution in [-0.4, -0.2) is 23.1 Å². The Kier molecular flexibility index (Phi) is 7.28. The van der Waals surface area contributed by atoms with Gasteiger partial charge in [-0.1, -0.05) is 49.4 Å². The van der Waals surface area contributed by atoms with Crippen LogP contribution in [0.3, 0.4) is 0 Å². The maximum Gasteiger partial charge on any atom is 0.305 e. The summed E-state index contributed by atoms with van der Waals surface area (Å²) in [7, 11) is 0. The molecule has 3 rings (SSSR count). The fraction of sp³-hybridized carbons (Fsp3) is 0.417. The molecule has 2 atom stereocenters. The molecule has 5 nitrogen and oxygen atoms in total. The zero-order valence-corrected chi connectivity index (χ0v) is 16.8. The van der Waals surface area contributed by atoms with Gasteiger partial charge in [-0.2, -0.15) is 0 Å². The molecule has 5 heteroatoms. The Morgan fingerprint density at radius 2 is 1.66 bits per heavy atom. The van der Waals surface area contributed by atoms with E-state index < -0.39 is 12.0 Å². The number of hydrogen-bond acceptors (Lipinski definition) is 3. The van der Waals surface area contributed by atoms with Gasteiger partial charge in [0.1, 0.15) is 5.75 Å². The molecule has 0 radical (unpaired) electrons.